The van der Waals surface area contributed by atoms with Gasteiger partial charge in [0, 0.05) is 29.2 Å². The molecule has 1 N–H and O–H groups in total. The van der Waals surface area contributed by atoms with E-state index in [1.807, 2.05) is 0 Å². The second-order valence-corrected chi connectivity index (χ2v) is 8.85. The third kappa shape index (κ3) is 5.59. The van der Waals surface area contributed by atoms with Crippen molar-refractivity contribution in [3.8, 4) is 17.4 Å². The number of aromatic nitrogens is 4. The van der Waals surface area contributed by atoms with E-state index in [2.05, 4.69) is 19.7 Å². The van der Waals surface area contributed by atoms with Gasteiger partial charge in [-0.25, -0.2) is 18.4 Å². The van der Waals surface area contributed by atoms with Crippen LogP contribution in [0.1, 0.15) is 11.4 Å². The molecule has 0 unspecified atom stereocenters. The van der Waals surface area contributed by atoms with E-state index in [0.717, 1.165) is 0 Å². The Kier molecular flexibility index (Phi) is 5.88. The zero-order chi connectivity index (χ0) is 21.8. The average molecular weight is 456 g/mol. The van der Waals surface area contributed by atoms with E-state index >= 15 is 0 Å². The summed E-state index contributed by atoms with van der Waals surface area (Å²) >= 11 is 5.84. The van der Waals surface area contributed by atoms with Gasteiger partial charge in [0.05, 0.1) is 5.75 Å². The summed E-state index contributed by atoms with van der Waals surface area (Å²) < 4.78 is 35.0. The van der Waals surface area contributed by atoms with Crippen LogP contribution in [0.25, 0.3) is 5.82 Å². The number of aryl methyl sites for hydroxylation is 1. The Morgan fingerprint density at radius 3 is 2.48 bits per heavy atom. The van der Waals surface area contributed by atoms with Gasteiger partial charge < -0.3 is 4.74 Å². The van der Waals surface area contributed by atoms with Crippen molar-refractivity contribution < 1.29 is 13.2 Å². The number of benzene rings is 2. The van der Waals surface area contributed by atoms with Crippen molar-refractivity contribution in [3.63, 3.8) is 0 Å². The second kappa shape index (κ2) is 8.75. The van der Waals surface area contributed by atoms with Crippen molar-refractivity contribution in [2.75, 3.05) is 4.72 Å². The summed E-state index contributed by atoms with van der Waals surface area (Å²) in [6, 6.07) is 14.9. The van der Waals surface area contributed by atoms with Crippen LogP contribution in [0, 0.1) is 6.92 Å². The largest absolute Gasteiger partial charge is 0.439 e. The molecular weight excluding hydrogens is 438 g/mol. The molecular formula is C21H18ClN5O3S. The monoisotopic (exact) mass is 455 g/mol. The van der Waals surface area contributed by atoms with Gasteiger partial charge in [-0.1, -0.05) is 23.7 Å². The van der Waals surface area contributed by atoms with Crippen molar-refractivity contribution in [2.24, 2.45) is 0 Å². The van der Waals surface area contributed by atoms with Crippen LogP contribution in [-0.2, 0) is 15.8 Å². The molecule has 0 aliphatic carbocycles. The number of hydrogen-bond donors (Lipinski definition) is 1. The highest BCUT2D eigenvalue weighted by molar-refractivity contribution is 7.91. The minimum absolute atomic E-state index is 0.153. The summed E-state index contributed by atoms with van der Waals surface area (Å²) in [7, 11) is -3.57. The van der Waals surface area contributed by atoms with Crippen LogP contribution in [0.2, 0.25) is 5.02 Å². The lowest BCUT2D eigenvalue weighted by Crippen LogP contribution is -2.14. The van der Waals surface area contributed by atoms with Crippen molar-refractivity contribution in [1.82, 2.24) is 19.5 Å². The Morgan fingerprint density at radius 2 is 1.81 bits per heavy atom. The van der Waals surface area contributed by atoms with Crippen molar-refractivity contribution in [2.45, 2.75) is 12.7 Å². The molecule has 0 aliphatic heterocycles. The molecule has 0 radical (unpaired) electrons. The molecule has 158 valence electrons. The highest BCUT2D eigenvalue weighted by atomic mass is 35.5. The zero-order valence-corrected chi connectivity index (χ0v) is 18.0. The molecule has 2 aromatic carbocycles. The van der Waals surface area contributed by atoms with Crippen molar-refractivity contribution >= 4 is 27.3 Å². The Hall–Kier alpha value is -3.43. The van der Waals surface area contributed by atoms with Crippen LogP contribution < -0.4 is 9.46 Å². The minimum Gasteiger partial charge on any atom is -0.439 e. The molecule has 0 fully saturated rings. The predicted molar refractivity (Wildman–Crippen MR) is 118 cm³/mol. The maximum Gasteiger partial charge on any atom is 0.236 e. The summed E-state index contributed by atoms with van der Waals surface area (Å²) in [6.45, 7) is 1.77. The summed E-state index contributed by atoms with van der Waals surface area (Å²) in [5.74, 6) is 1.90. The number of hydrogen-bond acceptors (Lipinski definition) is 6. The first kappa shape index (κ1) is 20.8. The molecule has 0 spiro atoms. The highest BCUT2D eigenvalue weighted by Gasteiger charge is 2.12. The average Bonchev–Trinajstić information content (AvgIpc) is 3.25. The third-order valence-corrected chi connectivity index (χ3v) is 5.70. The fraction of sp³-hybridized carbons (Fsp3) is 0.0952. The first-order valence-electron chi connectivity index (χ1n) is 9.23. The van der Waals surface area contributed by atoms with Gasteiger partial charge in [-0.05, 0) is 48.9 Å². The molecule has 0 atom stereocenters. The van der Waals surface area contributed by atoms with Gasteiger partial charge in [-0.2, -0.15) is 4.98 Å². The van der Waals surface area contributed by atoms with Crippen LogP contribution in [-0.4, -0.2) is 27.9 Å². The van der Waals surface area contributed by atoms with Gasteiger partial charge in [0.15, 0.2) is 0 Å². The molecule has 0 aliphatic rings. The van der Waals surface area contributed by atoms with E-state index in [-0.39, 0.29) is 5.75 Å². The quantitative estimate of drug-likeness (QED) is 0.444. The summed E-state index contributed by atoms with van der Waals surface area (Å²) in [5.41, 5.74) is 1.07. The molecule has 0 saturated carbocycles. The topological polar surface area (TPSA) is 99.0 Å². The Morgan fingerprint density at radius 1 is 1.06 bits per heavy atom. The first-order chi connectivity index (χ1) is 14.9. The molecule has 0 amide bonds. The minimum atomic E-state index is -3.57. The molecule has 2 aromatic heterocycles. The van der Waals surface area contributed by atoms with Gasteiger partial charge in [-0.3, -0.25) is 9.29 Å². The van der Waals surface area contributed by atoms with Crippen LogP contribution >= 0.6 is 11.6 Å². The van der Waals surface area contributed by atoms with E-state index < -0.39 is 10.0 Å². The molecule has 0 saturated heterocycles. The Labute approximate surface area is 184 Å². The number of anilines is 1. The number of rotatable bonds is 7. The highest BCUT2D eigenvalue weighted by Crippen LogP contribution is 2.24. The lowest BCUT2D eigenvalue weighted by Gasteiger charge is -2.10. The SMILES string of the molecule is Cc1nc(Oc2ccc(NS(=O)(=O)Cc3ccc(Cl)cc3)cc2)cc(-n2ccnc2)n1. The summed E-state index contributed by atoms with van der Waals surface area (Å²) in [5, 5.41) is 0.556. The number of halogens is 1. The fourth-order valence-corrected chi connectivity index (χ4v) is 4.16. The molecule has 0 bridgehead atoms. The van der Waals surface area contributed by atoms with E-state index in [9.17, 15) is 8.42 Å². The lowest BCUT2D eigenvalue weighted by atomic mass is 10.2. The fourth-order valence-electron chi connectivity index (χ4n) is 2.83. The van der Waals surface area contributed by atoms with Crippen LogP contribution in [0.5, 0.6) is 11.6 Å². The number of ether oxygens (including phenoxy) is 1. The maximum atomic E-state index is 12.4. The number of sulfonamides is 1. The smallest absolute Gasteiger partial charge is 0.236 e. The van der Waals surface area contributed by atoms with Crippen molar-refractivity contribution in [3.05, 3.63) is 89.7 Å². The summed E-state index contributed by atoms with van der Waals surface area (Å²) in [4.78, 5) is 12.7. The van der Waals surface area contributed by atoms with Gasteiger partial charge in [0.1, 0.15) is 23.7 Å². The number of nitrogens with zero attached hydrogens (tertiary/aromatic N) is 4. The second-order valence-electron chi connectivity index (χ2n) is 6.70. The van der Waals surface area contributed by atoms with Gasteiger partial charge in [-0.15, -0.1) is 0 Å². The predicted octanol–water partition coefficient (Wildman–Crippen LogP) is 4.36. The lowest BCUT2D eigenvalue weighted by molar-refractivity contribution is 0.459. The third-order valence-electron chi connectivity index (χ3n) is 4.19. The van der Waals surface area contributed by atoms with E-state index in [0.29, 0.717) is 39.5 Å². The van der Waals surface area contributed by atoms with E-state index in [1.165, 1.54) is 0 Å². The molecule has 31 heavy (non-hydrogen) atoms. The normalized spacial score (nSPS) is 11.3. The van der Waals surface area contributed by atoms with E-state index in [1.54, 1.807) is 84.8 Å². The maximum absolute atomic E-state index is 12.4. The Balaban J connectivity index is 1.44. The van der Waals surface area contributed by atoms with Gasteiger partial charge in [0.2, 0.25) is 15.9 Å². The zero-order valence-electron chi connectivity index (χ0n) is 16.4. The molecule has 2 heterocycles. The first-order valence-corrected chi connectivity index (χ1v) is 11.3. The number of imidazole rings is 1. The van der Waals surface area contributed by atoms with Crippen LogP contribution in [0.3, 0.4) is 0 Å². The Bertz CT molecular complexity index is 1280. The summed E-state index contributed by atoms with van der Waals surface area (Å²) in [6.07, 6.45) is 5.07. The van der Waals surface area contributed by atoms with Crippen molar-refractivity contribution in [1.29, 1.82) is 0 Å². The van der Waals surface area contributed by atoms with E-state index in [4.69, 9.17) is 16.3 Å². The van der Waals surface area contributed by atoms with Gasteiger partial charge in [0.25, 0.3) is 0 Å². The molecule has 4 rings (SSSR count). The van der Waals surface area contributed by atoms with Crippen LogP contribution in [0.4, 0.5) is 5.69 Å². The molecule has 10 heteroatoms. The molecule has 8 nitrogen and oxygen atoms in total. The number of nitrogens with one attached hydrogen (secondary N) is 1. The molecule has 4 aromatic rings. The van der Waals surface area contributed by atoms with Crippen LogP contribution in [0.15, 0.2) is 73.3 Å². The van der Waals surface area contributed by atoms with Gasteiger partial charge >= 0.3 is 0 Å². The standard InChI is InChI=1S/C21H18ClN5O3S/c1-15-24-20(27-11-10-23-14-27)12-21(25-15)30-19-8-6-18(7-9-19)26-31(28,29)13-16-2-4-17(22)5-3-16/h2-12,14,26H,13H2,1H3.